The summed E-state index contributed by atoms with van der Waals surface area (Å²) in [5.74, 6) is 0.721. The third kappa shape index (κ3) is 2.11. The van der Waals surface area contributed by atoms with Crippen LogP contribution in [0.5, 0.6) is 5.88 Å². The van der Waals surface area contributed by atoms with E-state index in [4.69, 9.17) is 4.74 Å². The lowest BCUT2D eigenvalue weighted by Crippen LogP contribution is -2.50. The average Bonchev–Trinajstić information content (AvgIpc) is 2.29. The van der Waals surface area contributed by atoms with Crippen molar-refractivity contribution in [3.05, 3.63) is 18.3 Å². The number of aromatic nitrogens is 1. The van der Waals surface area contributed by atoms with E-state index in [0.29, 0.717) is 6.04 Å². The molecule has 0 unspecified atom stereocenters. The Balaban J connectivity index is 2.23. The van der Waals surface area contributed by atoms with Crippen molar-refractivity contribution in [2.24, 2.45) is 0 Å². The van der Waals surface area contributed by atoms with Gasteiger partial charge in [-0.1, -0.05) is 0 Å². The highest BCUT2D eigenvalue weighted by Crippen LogP contribution is 2.28. The first-order valence-electron chi connectivity index (χ1n) is 5.66. The van der Waals surface area contributed by atoms with E-state index in [-0.39, 0.29) is 0 Å². The van der Waals surface area contributed by atoms with Crippen LogP contribution < -0.4 is 9.64 Å². The average molecular weight is 221 g/mol. The van der Waals surface area contributed by atoms with Gasteiger partial charge in [-0.05, 0) is 26.1 Å². The second-order valence-electron chi connectivity index (χ2n) is 4.34. The van der Waals surface area contributed by atoms with Gasteiger partial charge in [0.15, 0.2) is 0 Å². The SMILES string of the molecule is COc1ncccc1N1CCN(C)C[C@H]1C. The first kappa shape index (κ1) is 11.2. The molecule has 16 heavy (non-hydrogen) atoms. The Hall–Kier alpha value is -1.29. The fraction of sp³-hybridized carbons (Fsp3) is 0.583. The summed E-state index contributed by atoms with van der Waals surface area (Å²) in [5, 5.41) is 0. The fourth-order valence-corrected chi connectivity index (χ4v) is 2.26. The highest BCUT2D eigenvalue weighted by molar-refractivity contribution is 5.55. The number of rotatable bonds is 2. The third-order valence-electron chi connectivity index (χ3n) is 3.08. The van der Waals surface area contributed by atoms with Crippen LogP contribution in [0.2, 0.25) is 0 Å². The maximum atomic E-state index is 5.31. The Morgan fingerprint density at radius 2 is 2.25 bits per heavy atom. The van der Waals surface area contributed by atoms with Crippen LogP contribution in [0.1, 0.15) is 6.92 Å². The molecule has 1 aliphatic heterocycles. The minimum Gasteiger partial charge on any atom is -0.480 e. The minimum absolute atomic E-state index is 0.497. The van der Waals surface area contributed by atoms with E-state index < -0.39 is 0 Å². The van der Waals surface area contributed by atoms with E-state index in [0.717, 1.165) is 31.2 Å². The van der Waals surface area contributed by atoms with Gasteiger partial charge in [0.05, 0.1) is 7.11 Å². The molecule has 1 aromatic rings. The van der Waals surface area contributed by atoms with Crippen LogP contribution in [0, 0.1) is 0 Å². The third-order valence-corrected chi connectivity index (χ3v) is 3.08. The molecule has 0 aliphatic carbocycles. The Bertz CT molecular complexity index is 356. The first-order valence-corrected chi connectivity index (χ1v) is 5.66. The number of piperazine rings is 1. The quantitative estimate of drug-likeness (QED) is 0.751. The Labute approximate surface area is 96.8 Å². The van der Waals surface area contributed by atoms with E-state index in [1.807, 2.05) is 6.07 Å². The van der Waals surface area contributed by atoms with Crippen LogP contribution in [0.4, 0.5) is 5.69 Å². The lowest BCUT2D eigenvalue weighted by Gasteiger charge is -2.39. The zero-order valence-electron chi connectivity index (χ0n) is 10.2. The number of likely N-dealkylation sites (N-methyl/N-ethyl adjacent to an activating group) is 1. The van der Waals surface area contributed by atoms with Crippen LogP contribution >= 0.6 is 0 Å². The van der Waals surface area contributed by atoms with E-state index in [1.54, 1.807) is 13.3 Å². The molecule has 1 saturated heterocycles. The summed E-state index contributed by atoms with van der Waals surface area (Å²) in [6, 6.07) is 4.54. The van der Waals surface area contributed by atoms with Gasteiger partial charge in [0.1, 0.15) is 5.69 Å². The number of hydrogen-bond acceptors (Lipinski definition) is 4. The van der Waals surface area contributed by atoms with Crippen molar-refractivity contribution < 1.29 is 4.74 Å². The first-order chi connectivity index (χ1) is 7.72. The van der Waals surface area contributed by atoms with Crippen LogP contribution in [0.3, 0.4) is 0 Å². The van der Waals surface area contributed by atoms with Gasteiger partial charge in [-0.3, -0.25) is 0 Å². The molecule has 0 saturated carbocycles. The predicted molar refractivity (Wildman–Crippen MR) is 65.1 cm³/mol. The van der Waals surface area contributed by atoms with Gasteiger partial charge < -0.3 is 14.5 Å². The van der Waals surface area contributed by atoms with Crippen molar-refractivity contribution >= 4 is 5.69 Å². The van der Waals surface area contributed by atoms with Crippen molar-refractivity contribution in [2.45, 2.75) is 13.0 Å². The zero-order chi connectivity index (χ0) is 11.5. The normalized spacial score (nSPS) is 22.2. The van der Waals surface area contributed by atoms with Crippen molar-refractivity contribution in [2.75, 3.05) is 38.7 Å². The number of pyridine rings is 1. The molecule has 0 radical (unpaired) electrons. The van der Waals surface area contributed by atoms with Gasteiger partial charge in [0.2, 0.25) is 5.88 Å². The van der Waals surface area contributed by atoms with Gasteiger partial charge in [0, 0.05) is 31.9 Å². The summed E-state index contributed by atoms with van der Waals surface area (Å²) in [7, 11) is 3.83. The van der Waals surface area contributed by atoms with Crippen LogP contribution in [-0.2, 0) is 0 Å². The fourth-order valence-electron chi connectivity index (χ4n) is 2.26. The standard InChI is InChI=1S/C12H19N3O/c1-10-9-14(2)7-8-15(10)11-5-4-6-13-12(11)16-3/h4-6,10H,7-9H2,1-3H3/t10-/m1/s1. The number of hydrogen-bond donors (Lipinski definition) is 0. The summed E-state index contributed by atoms with van der Waals surface area (Å²) in [6.07, 6.45) is 1.77. The molecular formula is C12H19N3O. The van der Waals surface area contributed by atoms with Crippen LogP contribution in [0.25, 0.3) is 0 Å². The van der Waals surface area contributed by atoms with E-state index >= 15 is 0 Å². The van der Waals surface area contributed by atoms with E-state index in [2.05, 4.69) is 34.8 Å². The molecule has 4 nitrogen and oxygen atoms in total. The molecular weight excluding hydrogens is 202 g/mol. The summed E-state index contributed by atoms with van der Waals surface area (Å²) >= 11 is 0. The smallest absolute Gasteiger partial charge is 0.237 e. The van der Waals surface area contributed by atoms with Gasteiger partial charge in [-0.15, -0.1) is 0 Å². The maximum Gasteiger partial charge on any atom is 0.237 e. The summed E-state index contributed by atoms with van der Waals surface area (Å²) in [5.41, 5.74) is 1.10. The van der Waals surface area contributed by atoms with E-state index in [9.17, 15) is 0 Å². The summed E-state index contributed by atoms with van der Waals surface area (Å²) in [4.78, 5) is 8.97. The molecule has 1 aromatic heterocycles. The van der Waals surface area contributed by atoms with Gasteiger partial charge >= 0.3 is 0 Å². The van der Waals surface area contributed by atoms with Gasteiger partial charge in [0.25, 0.3) is 0 Å². The second-order valence-corrected chi connectivity index (χ2v) is 4.34. The van der Waals surface area contributed by atoms with Crippen molar-refractivity contribution in [1.29, 1.82) is 0 Å². The minimum atomic E-state index is 0.497. The largest absolute Gasteiger partial charge is 0.480 e. The molecule has 2 rings (SSSR count). The molecule has 2 heterocycles. The Morgan fingerprint density at radius 1 is 1.44 bits per heavy atom. The van der Waals surface area contributed by atoms with Crippen molar-refractivity contribution in [3.8, 4) is 5.88 Å². The van der Waals surface area contributed by atoms with Crippen molar-refractivity contribution in [1.82, 2.24) is 9.88 Å². The molecule has 0 N–H and O–H groups in total. The number of methoxy groups -OCH3 is 1. The molecule has 1 aliphatic rings. The number of ether oxygens (including phenoxy) is 1. The van der Waals surface area contributed by atoms with Crippen molar-refractivity contribution in [3.63, 3.8) is 0 Å². The zero-order valence-corrected chi connectivity index (χ0v) is 10.2. The highest BCUT2D eigenvalue weighted by Gasteiger charge is 2.24. The molecule has 0 amide bonds. The molecule has 1 fully saturated rings. The molecule has 88 valence electrons. The topological polar surface area (TPSA) is 28.6 Å². The molecule has 0 spiro atoms. The second kappa shape index (κ2) is 4.70. The lowest BCUT2D eigenvalue weighted by atomic mass is 10.2. The Morgan fingerprint density at radius 3 is 2.94 bits per heavy atom. The molecule has 0 aromatic carbocycles. The monoisotopic (exact) mass is 221 g/mol. The van der Waals surface area contributed by atoms with Crippen LogP contribution in [0.15, 0.2) is 18.3 Å². The van der Waals surface area contributed by atoms with E-state index in [1.165, 1.54) is 0 Å². The van der Waals surface area contributed by atoms with Gasteiger partial charge in [-0.25, -0.2) is 4.98 Å². The molecule has 1 atom stereocenters. The Kier molecular flexibility index (Phi) is 3.29. The predicted octanol–water partition coefficient (Wildman–Crippen LogP) is 1.23. The van der Waals surface area contributed by atoms with Gasteiger partial charge in [-0.2, -0.15) is 0 Å². The van der Waals surface area contributed by atoms with Crippen LogP contribution in [-0.4, -0.2) is 49.7 Å². The maximum absolute atomic E-state index is 5.31. The summed E-state index contributed by atoms with van der Waals surface area (Å²) in [6.45, 7) is 5.43. The number of anilines is 1. The highest BCUT2D eigenvalue weighted by atomic mass is 16.5. The summed E-state index contributed by atoms with van der Waals surface area (Å²) < 4.78 is 5.31. The molecule has 4 heteroatoms. The lowest BCUT2D eigenvalue weighted by molar-refractivity contribution is 0.273. The molecule has 0 bridgehead atoms. The number of nitrogens with zero attached hydrogens (tertiary/aromatic N) is 3.